The normalized spacial score (nSPS) is 16.7. The standard InChI is InChI=1S/C18H18ClNO3/c19-15-7-5-12(6-8-15)16(21)11-20-17(22)18(23)9-13-3-1-2-4-14(13)10-18/h1-8,16,21,23H,9-11H2,(H,20,22). The Bertz CT molecular complexity index is 689. The second-order valence-corrected chi connectivity index (χ2v) is 6.37. The highest BCUT2D eigenvalue weighted by molar-refractivity contribution is 6.30. The van der Waals surface area contributed by atoms with E-state index in [4.69, 9.17) is 11.6 Å². The minimum absolute atomic E-state index is 0.0408. The topological polar surface area (TPSA) is 69.6 Å². The molecule has 3 N–H and O–H groups in total. The largest absolute Gasteiger partial charge is 0.387 e. The zero-order valence-electron chi connectivity index (χ0n) is 12.5. The molecule has 0 fully saturated rings. The highest BCUT2D eigenvalue weighted by atomic mass is 35.5. The summed E-state index contributed by atoms with van der Waals surface area (Å²) in [7, 11) is 0. The van der Waals surface area contributed by atoms with Crippen molar-refractivity contribution in [1.82, 2.24) is 5.32 Å². The molecule has 3 rings (SSSR count). The van der Waals surface area contributed by atoms with Crippen LogP contribution in [0.1, 0.15) is 22.8 Å². The summed E-state index contributed by atoms with van der Waals surface area (Å²) < 4.78 is 0. The van der Waals surface area contributed by atoms with Crippen LogP contribution in [0.5, 0.6) is 0 Å². The fourth-order valence-corrected chi connectivity index (χ4v) is 3.04. The molecule has 0 aliphatic heterocycles. The van der Waals surface area contributed by atoms with E-state index >= 15 is 0 Å². The maximum atomic E-state index is 12.3. The van der Waals surface area contributed by atoms with Gasteiger partial charge >= 0.3 is 0 Å². The number of carbonyl (C=O) groups is 1. The van der Waals surface area contributed by atoms with Crippen LogP contribution in [0.3, 0.4) is 0 Å². The highest BCUT2D eigenvalue weighted by Crippen LogP contribution is 2.30. The molecule has 120 valence electrons. The molecule has 23 heavy (non-hydrogen) atoms. The SMILES string of the molecule is O=C(NCC(O)c1ccc(Cl)cc1)C1(O)Cc2ccccc2C1. The van der Waals surface area contributed by atoms with E-state index in [-0.39, 0.29) is 6.54 Å². The molecule has 0 saturated carbocycles. The van der Waals surface area contributed by atoms with Gasteiger partial charge in [-0.2, -0.15) is 0 Å². The van der Waals surface area contributed by atoms with Crippen molar-refractivity contribution in [2.24, 2.45) is 0 Å². The van der Waals surface area contributed by atoms with Crippen LogP contribution < -0.4 is 5.32 Å². The Morgan fingerprint density at radius 3 is 2.26 bits per heavy atom. The summed E-state index contributed by atoms with van der Waals surface area (Å²) in [4.78, 5) is 12.3. The molecular weight excluding hydrogens is 314 g/mol. The lowest BCUT2D eigenvalue weighted by molar-refractivity contribution is -0.139. The Morgan fingerprint density at radius 1 is 1.13 bits per heavy atom. The van der Waals surface area contributed by atoms with Crippen molar-refractivity contribution in [2.75, 3.05) is 6.54 Å². The van der Waals surface area contributed by atoms with Crippen LogP contribution in [-0.2, 0) is 17.6 Å². The van der Waals surface area contributed by atoms with Crippen molar-refractivity contribution in [3.63, 3.8) is 0 Å². The Kier molecular flexibility index (Phi) is 4.39. The molecule has 0 heterocycles. The van der Waals surface area contributed by atoms with Crippen molar-refractivity contribution in [1.29, 1.82) is 0 Å². The lowest BCUT2D eigenvalue weighted by atomic mass is 9.99. The number of amides is 1. The van der Waals surface area contributed by atoms with E-state index in [0.29, 0.717) is 23.4 Å². The van der Waals surface area contributed by atoms with Gasteiger partial charge in [0.1, 0.15) is 0 Å². The average Bonchev–Trinajstić information content (AvgIpc) is 2.90. The van der Waals surface area contributed by atoms with Crippen molar-refractivity contribution in [3.05, 3.63) is 70.2 Å². The molecule has 0 saturated heterocycles. The number of carbonyl (C=O) groups excluding carboxylic acids is 1. The molecule has 0 aromatic heterocycles. The van der Waals surface area contributed by atoms with E-state index < -0.39 is 17.6 Å². The number of halogens is 1. The van der Waals surface area contributed by atoms with E-state index in [1.165, 1.54) is 0 Å². The third kappa shape index (κ3) is 3.39. The zero-order valence-corrected chi connectivity index (χ0v) is 13.3. The number of hydrogen-bond acceptors (Lipinski definition) is 3. The number of hydrogen-bond donors (Lipinski definition) is 3. The number of rotatable bonds is 4. The van der Waals surface area contributed by atoms with Gasteiger partial charge in [0.05, 0.1) is 6.10 Å². The van der Waals surface area contributed by atoms with E-state index in [0.717, 1.165) is 11.1 Å². The second kappa shape index (κ2) is 6.32. The summed E-state index contributed by atoms with van der Waals surface area (Å²) in [5.41, 5.74) is 1.20. The van der Waals surface area contributed by atoms with E-state index in [1.807, 2.05) is 24.3 Å². The van der Waals surface area contributed by atoms with Crippen LogP contribution in [-0.4, -0.2) is 28.3 Å². The summed E-state index contributed by atoms with van der Waals surface area (Å²) in [6.07, 6.45) is -0.249. The minimum Gasteiger partial charge on any atom is -0.387 e. The number of nitrogens with one attached hydrogen (secondary N) is 1. The van der Waals surface area contributed by atoms with Crippen molar-refractivity contribution < 1.29 is 15.0 Å². The maximum Gasteiger partial charge on any atom is 0.252 e. The third-order valence-corrected chi connectivity index (χ3v) is 4.47. The molecule has 0 spiro atoms. The molecule has 2 aromatic carbocycles. The van der Waals surface area contributed by atoms with Crippen molar-refractivity contribution >= 4 is 17.5 Å². The first-order valence-corrected chi connectivity index (χ1v) is 7.87. The third-order valence-electron chi connectivity index (χ3n) is 4.22. The van der Waals surface area contributed by atoms with Crippen LogP contribution in [0, 0.1) is 0 Å². The first kappa shape index (κ1) is 16.0. The highest BCUT2D eigenvalue weighted by Gasteiger charge is 2.41. The van der Waals surface area contributed by atoms with Gasteiger partial charge < -0.3 is 15.5 Å². The van der Waals surface area contributed by atoms with Crippen LogP contribution in [0.2, 0.25) is 5.02 Å². The van der Waals surface area contributed by atoms with Crippen molar-refractivity contribution in [3.8, 4) is 0 Å². The maximum absolute atomic E-state index is 12.3. The van der Waals surface area contributed by atoms with Gasteiger partial charge in [-0.1, -0.05) is 48.0 Å². The van der Waals surface area contributed by atoms with Gasteiger partial charge in [0, 0.05) is 24.4 Å². The smallest absolute Gasteiger partial charge is 0.252 e. The van der Waals surface area contributed by atoms with Gasteiger partial charge in [-0.3, -0.25) is 4.79 Å². The molecule has 0 radical (unpaired) electrons. The lowest BCUT2D eigenvalue weighted by Crippen LogP contribution is -2.48. The number of aliphatic hydroxyl groups excluding tert-OH is 1. The summed E-state index contributed by atoms with van der Waals surface area (Å²) in [6.45, 7) is 0.0408. The predicted molar refractivity (Wildman–Crippen MR) is 88.2 cm³/mol. The Balaban J connectivity index is 1.61. The van der Waals surface area contributed by atoms with Gasteiger partial charge in [0.2, 0.25) is 0 Å². The first-order valence-electron chi connectivity index (χ1n) is 7.49. The van der Waals surface area contributed by atoms with Crippen LogP contribution in [0.4, 0.5) is 0 Å². The zero-order chi connectivity index (χ0) is 16.4. The average molecular weight is 332 g/mol. The fraction of sp³-hybridized carbons (Fsp3) is 0.278. The molecule has 1 aliphatic rings. The Morgan fingerprint density at radius 2 is 1.70 bits per heavy atom. The minimum atomic E-state index is -1.44. The molecule has 5 heteroatoms. The van der Waals surface area contributed by atoms with Crippen LogP contribution >= 0.6 is 11.6 Å². The van der Waals surface area contributed by atoms with Gasteiger partial charge in [-0.05, 0) is 28.8 Å². The summed E-state index contributed by atoms with van der Waals surface area (Å²) in [5.74, 6) is -0.457. The van der Waals surface area contributed by atoms with Gasteiger partial charge in [-0.25, -0.2) is 0 Å². The predicted octanol–water partition coefficient (Wildman–Crippen LogP) is 2.02. The molecule has 1 unspecified atom stereocenters. The van der Waals surface area contributed by atoms with E-state index in [9.17, 15) is 15.0 Å². The number of benzene rings is 2. The van der Waals surface area contributed by atoms with Gasteiger partial charge in [0.15, 0.2) is 5.60 Å². The van der Waals surface area contributed by atoms with E-state index in [1.54, 1.807) is 24.3 Å². The summed E-state index contributed by atoms with van der Waals surface area (Å²) in [6, 6.07) is 14.4. The Labute approximate surface area is 139 Å². The fourth-order valence-electron chi connectivity index (χ4n) is 2.91. The first-order chi connectivity index (χ1) is 11.0. The van der Waals surface area contributed by atoms with Gasteiger partial charge in [-0.15, -0.1) is 0 Å². The second-order valence-electron chi connectivity index (χ2n) is 5.93. The molecule has 2 aromatic rings. The molecule has 1 aliphatic carbocycles. The van der Waals surface area contributed by atoms with Crippen molar-refractivity contribution in [2.45, 2.75) is 24.5 Å². The molecule has 1 amide bonds. The van der Waals surface area contributed by atoms with Crippen LogP contribution in [0.15, 0.2) is 48.5 Å². The summed E-state index contributed by atoms with van der Waals surface area (Å²) >= 11 is 5.81. The number of aliphatic hydroxyl groups is 2. The Hall–Kier alpha value is -1.88. The summed E-state index contributed by atoms with van der Waals surface area (Å²) in [5, 5.41) is 23.9. The molecule has 0 bridgehead atoms. The van der Waals surface area contributed by atoms with Gasteiger partial charge in [0.25, 0.3) is 5.91 Å². The lowest BCUT2D eigenvalue weighted by Gasteiger charge is -2.22. The monoisotopic (exact) mass is 331 g/mol. The molecular formula is C18H18ClNO3. The quantitative estimate of drug-likeness (QED) is 0.803. The van der Waals surface area contributed by atoms with E-state index in [2.05, 4.69) is 5.32 Å². The number of fused-ring (bicyclic) bond motifs is 1. The molecule has 1 atom stereocenters. The molecule has 4 nitrogen and oxygen atoms in total. The van der Waals surface area contributed by atoms with Crippen LogP contribution in [0.25, 0.3) is 0 Å².